The Hall–Kier alpha value is -3.22. The number of unbranched alkanes of at least 4 members (excludes halogenated alkanes) is 2. The van der Waals surface area contributed by atoms with Gasteiger partial charge in [-0.05, 0) is 24.6 Å². The van der Waals surface area contributed by atoms with Gasteiger partial charge in [0.15, 0.2) is 5.69 Å². The van der Waals surface area contributed by atoms with Crippen molar-refractivity contribution in [3.8, 4) is 0 Å². The first-order valence-electron chi connectivity index (χ1n) is 10.6. The Morgan fingerprint density at radius 3 is 2.40 bits per heavy atom. The maximum absolute atomic E-state index is 13.4. The number of carbonyl (C=O) groups is 1. The van der Waals surface area contributed by atoms with Gasteiger partial charge in [0, 0.05) is 44.3 Å². The molecule has 3 heterocycles. The number of nitrogens with zero attached hydrogens (tertiary/aromatic N) is 5. The van der Waals surface area contributed by atoms with Crippen LogP contribution in [0.25, 0.3) is 10.8 Å². The van der Waals surface area contributed by atoms with E-state index in [2.05, 4.69) is 21.9 Å². The Labute approximate surface area is 175 Å². The summed E-state index contributed by atoms with van der Waals surface area (Å²) in [6.45, 7) is 5.29. The number of rotatable bonds is 6. The summed E-state index contributed by atoms with van der Waals surface area (Å²) in [7, 11) is 0. The van der Waals surface area contributed by atoms with Gasteiger partial charge in [0.05, 0.1) is 5.39 Å². The number of pyridine rings is 1. The van der Waals surface area contributed by atoms with Gasteiger partial charge in [-0.3, -0.25) is 9.59 Å². The zero-order chi connectivity index (χ0) is 20.9. The van der Waals surface area contributed by atoms with E-state index in [1.54, 1.807) is 12.3 Å². The van der Waals surface area contributed by atoms with E-state index in [-0.39, 0.29) is 11.5 Å². The largest absolute Gasteiger partial charge is 0.353 e. The lowest BCUT2D eigenvalue weighted by Gasteiger charge is -2.35. The Morgan fingerprint density at radius 2 is 1.70 bits per heavy atom. The van der Waals surface area contributed by atoms with Gasteiger partial charge in [-0.1, -0.05) is 44.0 Å². The Morgan fingerprint density at radius 1 is 0.967 bits per heavy atom. The van der Waals surface area contributed by atoms with Crippen LogP contribution in [-0.2, 0) is 6.54 Å². The van der Waals surface area contributed by atoms with Crippen molar-refractivity contribution in [3.63, 3.8) is 0 Å². The minimum Gasteiger partial charge on any atom is -0.353 e. The molecule has 1 aliphatic rings. The molecule has 1 saturated heterocycles. The SMILES string of the molecule is CCCCCn1nc(C(=O)N2CCN(c3ccccn3)CC2)c2ccccc2c1=O. The molecule has 7 heteroatoms. The Bertz CT molecular complexity index is 1070. The molecule has 0 saturated carbocycles. The first-order valence-corrected chi connectivity index (χ1v) is 10.6. The zero-order valence-electron chi connectivity index (χ0n) is 17.3. The first-order chi connectivity index (χ1) is 14.7. The molecule has 0 spiro atoms. The van der Waals surface area contributed by atoms with E-state index in [0.29, 0.717) is 36.1 Å². The monoisotopic (exact) mass is 405 g/mol. The third-order valence-electron chi connectivity index (χ3n) is 5.58. The number of aryl methyl sites for hydroxylation is 1. The molecule has 1 aromatic carbocycles. The van der Waals surface area contributed by atoms with E-state index < -0.39 is 0 Å². The molecule has 1 fully saturated rings. The average Bonchev–Trinajstić information content (AvgIpc) is 2.81. The molecule has 0 N–H and O–H groups in total. The lowest BCUT2D eigenvalue weighted by molar-refractivity contribution is 0.0740. The second-order valence-corrected chi connectivity index (χ2v) is 7.60. The predicted molar refractivity (Wildman–Crippen MR) is 118 cm³/mol. The van der Waals surface area contributed by atoms with E-state index in [4.69, 9.17) is 0 Å². The molecule has 0 unspecified atom stereocenters. The van der Waals surface area contributed by atoms with E-state index >= 15 is 0 Å². The number of aromatic nitrogens is 3. The third-order valence-corrected chi connectivity index (χ3v) is 5.58. The van der Waals surface area contributed by atoms with Crippen molar-refractivity contribution in [1.82, 2.24) is 19.7 Å². The molecular weight excluding hydrogens is 378 g/mol. The van der Waals surface area contributed by atoms with Gasteiger partial charge in [0.2, 0.25) is 0 Å². The van der Waals surface area contributed by atoms with Crippen LogP contribution in [0, 0.1) is 0 Å². The van der Waals surface area contributed by atoms with E-state index in [9.17, 15) is 9.59 Å². The highest BCUT2D eigenvalue weighted by atomic mass is 16.2. The summed E-state index contributed by atoms with van der Waals surface area (Å²) in [5.74, 6) is 0.814. The van der Waals surface area contributed by atoms with Crippen LogP contribution < -0.4 is 10.5 Å². The summed E-state index contributed by atoms with van der Waals surface area (Å²) < 4.78 is 1.47. The average molecular weight is 406 g/mol. The Balaban J connectivity index is 1.58. The van der Waals surface area contributed by atoms with Gasteiger partial charge in [0.25, 0.3) is 11.5 Å². The number of benzene rings is 1. The maximum Gasteiger partial charge on any atom is 0.275 e. The van der Waals surface area contributed by atoms with Gasteiger partial charge in [-0.25, -0.2) is 9.67 Å². The third kappa shape index (κ3) is 4.06. The number of hydrogen-bond donors (Lipinski definition) is 0. The standard InChI is InChI=1S/C23H27N5O2/c1-2-3-8-13-28-22(29)19-10-5-4-9-18(19)21(25-28)23(30)27-16-14-26(15-17-27)20-11-6-7-12-24-20/h4-7,9-12H,2-3,8,13-17H2,1H3. The van der Waals surface area contributed by atoms with Crippen molar-refractivity contribution in [2.75, 3.05) is 31.1 Å². The lowest BCUT2D eigenvalue weighted by atomic mass is 10.1. The summed E-state index contributed by atoms with van der Waals surface area (Å²) in [6.07, 6.45) is 4.75. The fraction of sp³-hybridized carbons (Fsp3) is 0.391. The van der Waals surface area contributed by atoms with Crippen molar-refractivity contribution >= 4 is 22.5 Å². The molecule has 2 aromatic heterocycles. The van der Waals surface area contributed by atoms with E-state index in [1.807, 2.05) is 41.3 Å². The number of fused-ring (bicyclic) bond motifs is 1. The fourth-order valence-electron chi connectivity index (χ4n) is 3.89. The minimum absolute atomic E-state index is 0.115. The Kier molecular flexibility index (Phi) is 6.07. The topological polar surface area (TPSA) is 71.3 Å². The second-order valence-electron chi connectivity index (χ2n) is 7.60. The van der Waals surface area contributed by atoms with Crippen molar-refractivity contribution in [2.24, 2.45) is 0 Å². The van der Waals surface area contributed by atoms with Crippen molar-refractivity contribution < 1.29 is 4.79 Å². The van der Waals surface area contributed by atoms with Gasteiger partial charge in [-0.15, -0.1) is 0 Å². The van der Waals surface area contributed by atoms with Crippen molar-refractivity contribution in [1.29, 1.82) is 0 Å². The number of hydrogen-bond acceptors (Lipinski definition) is 5. The summed E-state index contributed by atoms with van der Waals surface area (Å²) in [5, 5.41) is 5.70. The normalized spacial score (nSPS) is 14.3. The number of piperazine rings is 1. The maximum atomic E-state index is 13.4. The van der Waals surface area contributed by atoms with Gasteiger partial charge >= 0.3 is 0 Å². The summed E-state index contributed by atoms with van der Waals surface area (Å²) in [6, 6.07) is 13.1. The minimum atomic E-state index is -0.127. The van der Waals surface area contributed by atoms with Gasteiger partial charge in [-0.2, -0.15) is 5.10 Å². The first kappa shape index (κ1) is 20.1. The van der Waals surface area contributed by atoms with Crippen molar-refractivity contribution in [3.05, 3.63) is 64.7 Å². The number of amides is 1. The predicted octanol–water partition coefficient (Wildman–Crippen LogP) is 2.94. The molecule has 0 radical (unpaired) electrons. The van der Waals surface area contributed by atoms with Crippen LogP contribution in [0.1, 0.15) is 36.7 Å². The fourth-order valence-corrected chi connectivity index (χ4v) is 3.89. The van der Waals surface area contributed by atoms with Crippen LogP contribution in [0.15, 0.2) is 53.5 Å². The van der Waals surface area contributed by atoms with Crippen LogP contribution in [0.4, 0.5) is 5.82 Å². The zero-order valence-corrected chi connectivity index (χ0v) is 17.3. The highest BCUT2D eigenvalue weighted by Crippen LogP contribution is 2.18. The smallest absolute Gasteiger partial charge is 0.275 e. The molecule has 30 heavy (non-hydrogen) atoms. The molecule has 1 amide bonds. The summed E-state index contributed by atoms with van der Waals surface area (Å²) >= 11 is 0. The van der Waals surface area contributed by atoms with Crippen LogP contribution in [0.5, 0.6) is 0 Å². The van der Waals surface area contributed by atoms with Crippen LogP contribution in [0.2, 0.25) is 0 Å². The van der Waals surface area contributed by atoms with Crippen LogP contribution in [-0.4, -0.2) is 51.8 Å². The summed E-state index contributed by atoms with van der Waals surface area (Å²) in [4.78, 5) is 34.6. The molecule has 4 rings (SSSR count). The molecule has 0 bridgehead atoms. The highest BCUT2D eigenvalue weighted by molar-refractivity contribution is 6.04. The number of anilines is 1. The molecule has 156 valence electrons. The molecule has 7 nitrogen and oxygen atoms in total. The molecule has 0 atom stereocenters. The quantitative estimate of drug-likeness (QED) is 0.590. The molecule has 3 aromatic rings. The second kappa shape index (κ2) is 9.07. The van der Waals surface area contributed by atoms with Crippen LogP contribution >= 0.6 is 0 Å². The van der Waals surface area contributed by atoms with Crippen molar-refractivity contribution in [2.45, 2.75) is 32.7 Å². The van der Waals surface area contributed by atoms with Crippen LogP contribution in [0.3, 0.4) is 0 Å². The van der Waals surface area contributed by atoms with E-state index in [1.165, 1.54) is 4.68 Å². The number of carbonyl (C=O) groups excluding carboxylic acids is 1. The van der Waals surface area contributed by atoms with Gasteiger partial charge in [0.1, 0.15) is 5.82 Å². The summed E-state index contributed by atoms with van der Waals surface area (Å²) in [5.41, 5.74) is 0.242. The highest BCUT2D eigenvalue weighted by Gasteiger charge is 2.26. The molecule has 0 aliphatic carbocycles. The molecular formula is C23H27N5O2. The molecule has 1 aliphatic heterocycles. The van der Waals surface area contributed by atoms with Gasteiger partial charge < -0.3 is 9.80 Å². The van der Waals surface area contributed by atoms with E-state index in [0.717, 1.165) is 38.2 Å². The lowest BCUT2D eigenvalue weighted by Crippen LogP contribution is -2.49.